The van der Waals surface area contributed by atoms with Gasteiger partial charge in [-0.05, 0) is 37.1 Å². The number of nitrogens with zero attached hydrogens (tertiary/aromatic N) is 1. The highest BCUT2D eigenvalue weighted by atomic mass is 16.1. The summed E-state index contributed by atoms with van der Waals surface area (Å²) >= 11 is 0. The molecule has 1 amide bonds. The standard InChI is InChI=1S/C14H15N3O/c1-9-3-4-10(2)13(7-9)17-14(18)11-5-6-16-8-12(11)15/h3-8H,15H2,1-2H3,(H,17,18). The molecule has 0 fully saturated rings. The number of carbonyl (C=O) groups excluding carboxylic acids is 1. The zero-order valence-corrected chi connectivity index (χ0v) is 10.4. The van der Waals surface area contributed by atoms with Crippen LogP contribution in [0.4, 0.5) is 11.4 Å². The Kier molecular flexibility index (Phi) is 3.28. The van der Waals surface area contributed by atoms with Crippen molar-refractivity contribution < 1.29 is 4.79 Å². The predicted molar refractivity (Wildman–Crippen MR) is 72.5 cm³/mol. The molecule has 1 heterocycles. The molecule has 18 heavy (non-hydrogen) atoms. The Morgan fingerprint density at radius 2 is 2.06 bits per heavy atom. The van der Waals surface area contributed by atoms with Crippen molar-refractivity contribution in [1.82, 2.24) is 4.98 Å². The number of hydrogen-bond donors (Lipinski definition) is 2. The van der Waals surface area contributed by atoms with Crippen LogP contribution in [0, 0.1) is 13.8 Å². The number of pyridine rings is 1. The van der Waals surface area contributed by atoms with Gasteiger partial charge in [0.1, 0.15) is 0 Å². The van der Waals surface area contributed by atoms with Crippen molar-refractivity contribution >= 4 is 17.3 Å². The highest BCUT2D eigenvalue weighted by Gasteiger charge is 2.10. The summed E-state index contributed by atoms with van der Waals surface area (Å²) in [5, 5.41) is 2.86. The molecule has 0 bridgehead atoms. The van der Waals surface area contributed by atoms with Crippen LogP contribution in [0.2, 0.25) is 0 Å². The SMILES string of the molecule is Cc1ccc(C)c(NC(=O)c2ccncc2N)c1. The number of hydrogen-bond acceptors (Lipinski definition) is 3. The minimum Gasteiger partial charge on any atom is -0.397 e. The Labute approximate surface area is 106 Å². The van der Waals surface area contributed by atoms with Gasteiger partial charge in [0.15, 0.2) is 0 Å². The van der Waals surface area contributed by atoms with Gasteiger partial charge < -0.3 is 11.1 Å². The molecule has 0 saturated heterocycles. The topological polar surface area (TPSA) is 68.0 Å². The van der Waals surface area contributed by atoms with Gasteiger partial charge >= 0.3 is 0 Å². The fourth-order valence-electron chi connectivity index (χ4n) is 1.67. The van der Waals surface area contributed by atoms with E-state index in [0.717, 1.165) is 16.8 Å². The maximum atomic E-state index is 12.1. The minimum absolute atomic E-state index is 0.219. The average molecular weight is 241 g/mol. The van der Waals surface area contributed by atoms with E-state index in [9.17, 15) is 4.79 Å². The number of benzene rings is 1. The fraction of sp³-hybridized carbons (Fsp3) is 0.143. The van der Waals surface area contributed by atoms with Crippen LogP contribution in [-0.2, 0) is 0 Å². The Morgan fingerprint density at radius 1 is 1.28 bits per heavy atom. The van der Waals surface area contributed by atoms with Crippen molar-refractivity contribution in [2.45, 2.75) is 13.8 Å². The monoisotopic (exact) mass is 241 g/mol. The number of nitrogen functional groups attached to an aromatic ring is 1. The molecule has 2 aromatic rings. The third kappa shape index (κ3) is 2.48. The second-order valence-electron chi connectivity index (χ2n) is 4.24. The van der Waals surface area contributed by atoms with Crippen LogP contribution in [0.1, 0.15) is 21.5 Å². The molecule has 0 spiro atoms. The van der Waals surface area contributed by atoms with E-state index in [1.165, 1.54) is 6.20 Å². The lowest BCUT2D eigenvalue weighted by Gasteiger charge is -2.10. The number of nitrogens with one attached hydrogen (secondary N) is 1. The molecular formula is C14H15N3O. The molecule has 0 saturated carbocycles. The smallest absolute Gasteiger partial charge is 0.257 e. The summed E-state index contributed by atoms with van der Waals surface area (Å²) in [4.78, 5) is 15.9. The Bertz CT molecular complexity index is 593. The van der Waals surface area contributed by atoms with Crippen LogP contribution in [0.15, 0.2) is 36.7 Å². The van der Waals surface area contributed by atoms with E-state index in [2.05, 4.69) is 10.3 Å². The van der Waals surface area contributed by atoms with Crippen molar-refractivity contribution in [3.8, 4) is 0 Å². The third-order valence-corrected chi connectivity index (χ3v) is 2.74. The van der Waals surface area contributed by atoms with Gasteiger partial charge in [0, 0.05) is 11.9 Å². The third-order valence-electron chi connectivity index (χ3n) is 2.74. The molecule has 0 aliphatic carbocycles. The van der Waals surface area contributed by atoms with Gasteiger partial charge in [-0.15, -0.1) is 0 Å². The van der Waals surface area contributed by atoms with E-state index < -0.39 is 0 Å². The van der Waals surface area contributed by atoms with Crippen LogP contribution in [-0.4, -0.2) is 10.9 Å². The van der Waals surface area contributed by atoms with Crippen molar-refractivity contribution in [2.24, 2.45) is 0 Å². The first kappa shape index (κ1) is 12.1. The lowest BCUT2D eigenvalue weighted by atomic mass is 10.1. The molecule has 0 unspecified atom stereocenters. The zero-order chi connectivity index (χ0) is 13.1. The molecule has 4 heteroatoms. The van der Waals surface area contributed by atoms with Gasteiger partial charge in [-0.25, -0.2) is 0 Å². The van der Waals surface area contributed by atoms with Crippen LogP contribution >= 0.6 is 0 Å². The van der Waals surface area contributed by atoms with Gasteiger partial charge in [0.25, 0.3) is 5.91 Å². The van der Waals surface area contributed by atoms with E-state index in [0.29, 0.717) is 11.3 Å². The van der Waals surface area contributed by atoms with Crippen LogP contribution in [0.3, 0.4) is 0 Å². The Morgan fingerprint density at radius 3 is 2.78 bits per heavy atom. The average Bonchev–Trinajstić information content (AvgIpc) is 2.34. The first-order valence-electron chi connectivity index (χ1n) is 5.66. The van der Waals surface area contributed by atoms with E-state index in [1.807, 2.05) is 32.0 Å². The highest BCUT2D eigenvalue weighted by Crippen LogP contribution is 2.18. The van der Waals surface area contributed by atoms with Crippen molar-refractivity contribution in [2.75, 3.05) is 11.1 Å². The number of aryl methyl sites for hydroxylation is 2. The summed E-state index contributed by atoms with van der Waals surface area (Å²) in [6.45, 7) is 3.93. The molecule has 3 N–H and O–H groups in total. The number of aromatic nitrogens is 1. The van der Waals surface area contributed by atoms with Gasteiger partial charge in [-0.2, -0.15) is 0 Å². The molecular weight excluding hydrogens is 226 g/mol. The summed E-state index contributed by atoms with van der Waals surface area (Å²) in [7, 11) is 0. The van der Waals surface area contributed by atoms with E-state index in [-0.39, 0.29) is 5.91 Å². The van der Waals surface area contributed by atoms with E-state index >= 15 is 0 Å². The fourth-order valence-corrected chi connectivity index (χ4v) is 1.67. The first-order chi connectivity index (χ1) is 8.58. The summed E-state index contributed by atoms with van der Waals surface area (Å²) in [5.74, 6) is -0.219. The first-order valence-corrected chi connectivity index (χ1v) is 5.66. The number of carbonyl (C=O) groups is 1. The summed E-state index contributed by atoms with van der Waals surface area (Å²) in [6.07, 6.45) is 3.02. The second kappa shape index (κ2) is 4.87. The van der Waals surface area contributed by atoms with Crippen LogP contribution < -0.4 is 11.1 Å². The number of rotatable bonds is 2. The van der Waals surface area contributed by atoms with Crippen molar-refractivity contribution in [3.63, 3.8) is 0 Å². The summed E-state index contributed by atoms with van der Waals surface area (Å²) in [5.41, 5.74) is 9.44. The number of amides is 1. The maximum Gasteiger partial charge on any atom is 0.257 e. The van der Waals surface area contributed by atoms with Crippen LogP contribution in [0.5, 0.6) is 0 Å². The second-order valence-corrected chi connectivity index (χ2v) is 4.24. The predicted octanol–water partition coefficient (Wildman–Crippen LogP) is 2.53. The van der Waals surface area contributed by atoms with Gasteiger partial charge in [-0.1, -0.05) is 12.1 Å². The Hall–Kier alpha value is -2.36. The number of nitrogens with two attached hydrogens (primary N) is 1. The molecule has 0 atom stereocenters. The Balaban J connectivity index is 2.27. The minimum atomic E-state index is -0.219. The highest BCUT2D eigenvalue weighted by molar-refractivity contribution is 6.07. The molecule has 1 aromatic heterocycles. The van der Waals surface area contributed by atoms with Crippen LogP contribution in [0.25, 0.3) is 0 Å². The lowest BCUT2D eigenvalue weighted by Crippen LogP contribution is -2.15. The normalized spacial score (nSPS) is 10.1. The van der Waals surface area contributed by atoms with E-state index in [1.54, 1.807) is 12.3 Å². The van der Waals surface area contributed by atoms with E-state index in [4.69, 9.17) is 5.73 Å². The summed E-state index contributed by atoms with van der Waals surface area (Å²) in [6, 6.07) is 7.52. The van der Waals surface area contributed by atoms with Crippen molar-refractivity contribution in [1.29, 1.82) is 0 Å². The maximum absolute atomic E-state index is 12.1. The zero-order valence-electron chi connectivity index (χ0n) is 10.4. The number of anilines is 2. The quantitative estimate of drug-likeness (QED) is 0.849. The molecule has 2 rings (SSSR count). The largest absolute Gasteiger partial charge is 0.397 e. The summed E-state index contributed by atoms with van der Waals surface area (Å²) < 4.78 is 0. The molecule has 0 aliphatic rings. The van der Waals surface area contributed by atoms with Crippen molar-refractivity contribution in [3.05, 3.63) is 53.3 Å². The van der Waals surface area contributed by atoms with Gasteiger partial charge in [0.05, 0.1) is 17.4 Å². The molecule has 1 aromatic carbocycles. The van der Waals surface area contributed by atoms with Gasteiger partial charge in [0.2, 0.25) is 0 Å². The van der Waals surface area contributed by atoms with Gasteiger partial charge in [-0.3, -0.25) is 9.78 Å². The lowest BCUT2D eigenvalue weighted by molar-refractivity contribution is 0.102. The molecule has 4 nitrogen and oxygen atoms in total. The molecule has 0 radical (unpaired) electrons. The molecule has 0 aliphatic heterocycles. The molecule has 92 valence electrons.